The Morgan fingerprint density at radius 2 is 1.70 bits per heavy atom. The first-order valence-corrected chi connectivity index (χ1v) is 10.4. The van der Waals surface area contributed by atoms with Gasteiger partial charge in [0.15, 0.2) is 0 Å². The Bertz CT molecular complexity index is 891. The molecule has 0 radical (unpaired) electrons. The lowest BCUT2D eigenvalue weighted by molar-refractivity contribution is -0.131. The molecule has 0 atom stereocenters. The molecular formula is C22H27N5O3. The minimum atomic E-state index is -0.0913. The van der Waals surface area contributed by atoms with Gasteiger partial charge in [-0.05, 0) is 42.7 Å². The van der Waals surface area contributed by atoms with E-state index in [-0.39, 0.29) is 23.6 Å². The van der Waals surface area contributed by atoms with Crippen molar-refractivity contribution in [1.29, 1.82) is 0 Å². The maximum absolute atomic E-state index is 12.7. The van der Waals surface area contributed by atoms with Gasteiger partial charge in [0.05, 0.1) is 25.2 Å². The summed E-state index contributed by atoms with van der Waals surface area (Å²) in [6.45, 7) is 3.65. The molecule has 0 aliphatic carbocycles. The third-order valence-corrected chi connectivity index (χ3v) is 5.85. The van der Waals surface area contributed by atoms with Crippen LogP contribution in [0.2, 0.25) is 0 Å². The van der Waals surface area contributed by atoms with Crippen molar-refractivity contribution in [3.05, 3.63) is 53.5 Å². The molecule has 4 rings (SSSR count). The SMILES string of the molecule is Nc1nc(C2CCN(C(=O)Cc3ccncc3)CC2)ccc1C(=O)N1CCOCC1. The zero-order valence-electron chi connectivity index (χ0n) is 17.0. The number of carbonyl (C=O) groups excluding carboxylic acids is 2. The van der Waals surface area contributed by atoms with Crippen LogP contribution >= 0.6 is 0 Å². The predicted molar refractivity (Wildman–Crippen MR) is 112 cm³/mol. The van der Waals surface area contributed by atoms with E-state index in [4.69, 9.17) is 10.5 Å². The van der Waals surface area contributed by atoms with Gasteiger partial charge in [0.1, 0.15) is 5.82 Å². The van der Waals surface area contributed by atoms with E-state index in [2.05, 4.69) is 9.97 Å². The summed E-state index contributed by atoms with van der Waals surface area (Å²) in [4.78, 5) is 37.4. The Balaban J connectivity index is 1.35. The number of nitrogens with two attached hydrogens (primary N) is 1. The topological polar surface area (TPSA) is 102 Å². The van der Waals surface area contributed by atoms with Crippen LogP contribution in [0.1, 0.15) is 40.4 Å². The second-order valence-corrected chi connectivity index (χ2v) is 7.76. The van der Waals surface area contributed by atoms with Gasteiger partial charge in [0, 0.05) is 50.2 Å². The summed E-state index contributed by atoms with van der Waals surface area (Å²) < 4.78 is 5.30. The number of amides is 2. The smallest absolute Gasteiger partial charge is 0.257 e. The number of anilines is 1. The number of rotatable bonds is 4. The van der Waals surface area contributed by atoms with Crippen LogP contribution in [-0.2, 0) is 16.0 Å². The van der Waals surface area contributed by atoms with Crippen molar-refractivity contribution >= 4 is 17.6 Å². The van der Waals surface area contributed by atoms with Gasteiger partial charge in [-0.3, -0.25) is 14.6 Å². The van der Waals surface area contributed by atoms with Crippen molar-refractivity contribution in [3.63, 3.8) is 0 Å². The Kier molecular flexibility index (Phi) is 6.23. The minimum Gasteiger partial charge on any atom is -0.383 e. The van der Waals surface area contributed by atoms with Crippen LogP contribution in [0.4, 0.5) is 5.82 Å². The van der Waals surface area contributed by atoms with Crippen molar-refractivity contribution in [2.75, 3.05) is 45.1 Å². The molecule has 30 heavy (non-hydrogen) atoms. The zero-order valence-corrected chi connectivity index (χ0v) is 17.0. The second kappa shape index (κ2) is 9.21. The summed E-state index contributed by atoms with van der Waals surface area (Å²) in [5.74, 6) is 0.565. The lowest BCUT2D eigenvalue weighted by atomic mass is 9.92. The van der Waals surface area contributed by atoms with Crippen LogP contribution in [0.5, 0.6) is 0 Å². The Morgan fingerprint density at radius 3 is 2.37 bits per heavy atom. The highest BCUT2D eigenvalue weighted by Crippen LogP contribution is 2.28. The highest BCUT2D eigenvalue weighted by molar-refractivity contribution is 5.98. The molecule has 2 amide bonds. The van der Waals surface area contributed by atoms with Gasteiger partial charge in [0.25, 0.3) is 5.91 Å². The number of hydrogen-bond donors (Lipinski definition) is 1. The van der Waals surface area contributed by atoms with Crippen LogP contribution in [0.3, 0.4) is 0 Å². The normalized spacial score (nSPS) is 17.7. The molecule has 2 fully saturated rings. The molecule has 2 aromatic rings. The summed E-state index contributed by atoms with van der Waals surface area (Å²) >= 11 is 0. The molecule has 2 N–H and O–H groups in total. The Hall–Kier alpha value is -3.00. The van der Waals surface area contributed by atoms with Crippen molar-refractivity contribution < 1.29 is 14.3 Å². The van der Waals surface area contributed by atoms with Gasteiger partial charge < -0.3 is 20.3 Å². The minimum absolute atomic E-state index is 0.0913. The summed E-state index contributed by atoms with van der Waals surface area (Å²) in [7, 11) is 0. The van der Waals surface area contributed by atoms with Crippen molar-refractivity contribution in [1.82, 2.24) is 19.8 Å². The molecule has 0 saturated carbocycles. The number of hydrogen-bond acceptors (Lipinski definition) is 6. The number of nitrogens with zero attached hydrogens (tertiary/aromatic N) is 4. The molecular weight excluding hydrogens is 382 g/mol. The van der Waals surface area contributed by atoms with Crippen LogP contribution in [0.15, 0.2) is 36.7 Å². The number of ether oxygens (including phenoxy) is 1. The van der Waals surface area contributed by atoms with E-state index in [0.717, 1.165) is 24.1 Å². The fourth-order valence-electron chi connectivity index (χ4n) is 4.05. The number of carbonyl (C=O) groups is 2. The summed E-state index contributed by atoms with van der Waals surface area (Å²) in [6, 6.07) is 7.44. The van der Waals surface area contributed by atoms with Gasteiger partial charge in [-0.25, -0.2) is 4.98 Å². The van der Waals surface area contributed by atoms with Crippen LogP contribution in [-0.4, -0.2) is 71.0 Å². The third kappa shape index (κ3) is 4.59. The van der Waals surface area contributed by atoms with Crippen LogP contribution < -0.4 is 5.73 Å². The number of pyridine rings is 2. The Morgan fingerprint density at radius 1 is 1.00 bits per heavy atom. The first-order valence-electron chi connectivity index (χ1n) is 10.4. The Labute approximate surface area is 176 Å². The van der Waals surface area contributed by atoms with E-state index >= 15 is 0 Å². The van der Waals surface area contributed by atoms with E-state index < -0.39 is 0 Å². The zero-order chi connectivity index (χ0) is 20.9. The molecule has 8 nitrogen and oxygen atoms in total. The maximum Gasteiger partial charge on any atom is 0.257 e. The summed E-state index contributed by atoms with van der Waals surface area (Å²) in [5, 5.41) is 0. The van der Waals surface area contributed by atoms with E-state index in [1.807, 2.05) is 23.1 Å². The predicted octanol–water partition coefficient (Wildman–Crippen LogP) is 1.48. The second-order valence-electron chi connectivity index (χ2n) is 7.76. The maximum atomic E-state index is 12.7. The average molecular weight is 409 g/mol. The molecule has 158 valence electrons. The number of aromatic nitrogens is 2. The van der Waals surface area contributed by atoms with Gasteiger partial charge in [0.2, 0.25) is 5.91 Å². The first kappa shape index (κ1) is 20.3. The molecule has 2 aliphatic heterocycles. The molecule has 0 unspecified atom stereocenters. The van der Waals surface area contributed by atoms with Crippen LogP contribution in [0.25, 0.3) is 0 Å². The molecule has 2 saturated heterocycles. The van der Waals surface area contributed by atoms with Gasteiger partial charge in [-0.15, -0.1) is 0 Å². The quantitative estimate of drug-likeness (QED) is 0.821. The van der Waals surface area contributed by atoms with E-state index in [9.17, 15) is 9.59 Å². The molecule has 0 aromatic carbocycles. The van der Waals surface area contributed by atoms with E-state index in [1.54, 1.807) is 23.4 Å². The highest BCUT2D eigenvalue weighted by atomic mass is 16.5. The summed E-state index contributed by atoms with van der Waals surface area (Å²) in [6.07, 6.45) is 5.49. The van der Waals surface area contributed by atoms with Gasteiger partial charge in [-0.1, -0.05) is 0 Å². The number of piperidine rings is 1. The van der Waals surface area contributed by atoms with Crippen molar-refractivity contribution in [2.45, 2.75) is 25.2 Å². The van der Waals surface area contributed by atoms with Gasteiger partial charge in [-0.2, -0.15) is 0 Å². The van der Waals surface area contributed by atoms with Gasteiger partial charge >= 0.3 is 0 Å². The summed E-state index contributed by atoms with van der Waals surface area (Å²) in [5.41, 5.74) is 8.46. The van der Waals surface area contributed by atoms with E-state index in [1.165, 1.54) is 0 Å². The molecule has 2 aliphatic rings. The molecule has 2 aromatic heterocycles. The molecule has 8 heteroatoms. The average Bonchev–Trinajstić information content (AvgIpc) is 2.80. The molecule has 4 heterocycles. The third-order valence-electron chi connectivity index (χ3n) is 5.85. The fraction of sp³-hybridized carbons (Fsp3) is 0.455. The first-order chi connectivity index (χ1) is 14.6. The van der Waals surface area contributed by atoms with Crippen molar-refractivity contribution in [2.24, 2.45) is 0 Å². The lowest BCUT2D eigenvalue weighted by Crippen LogP contribution is -2.41. The largest absolute Gasteiger partial charge is 0.383 e. The standard InChI is InChI=1S/C22H27N5O3/c23-21-18(22(29)27-11-13-30-14-12-27)1-2-19(25-21)17-5-9-26(10-6-17)20(28)15-16-3-7-24-8-4-16/h1-4,7-8,17H,5-6,9-15H2,(H2,23,25). The van der Waals surface area contributed by atoms with Crippen molar-refractivity contribution in [3.8, 4) is 0 Å². The highest BCUT2D eigenvalue weighted by Gasteiger charge is 2.26. The molecule has 0 spiro atoms. The fourth-order valence-corrected chi connectivity index (χ4v) is 4.05. The van der Waals surface area contributed by atoms with E-state index in [0.29, 0.717) is 51.4 Å². The lowest BCUT2D eigenvalue weighted by Gasteiger charge is -2.32. The van der Waals surface area contributed by atoms with Crippen LogP contribution in [0, 0.1) is 0 Å². The molecule has 0 bridgehead atoms. The number of likely N-dealkylation sites (tertiary alicyclic amines) is 1. The monoisotopic (exact) mass is 409 g/mol. The number of morpholine rings is 1. The number of nitrogen functional groups attached to an aromatic ring is 1.